The van der Waals surface area contributed by atoms with Gasteiger partial charge in [-0.15, -0.1) is 11.3 Å². The van der Waals surface area contributed by atoms with Crippen LogP contribution < -0.4 is 4.90 Å². The van der Waals surface area contributed by atoms with Crippen LogP contribution in [-0.2, 0) is 17.6 Å². The van der Waals surface area contributed by atoms with Gasteiger partial charge in [-0.3, -0.25) is 4.79 Å². The van der Waals surface area contributed by atoms with Crippen LogP contribution in [0.3, 0.4) is 0 Å². The molecule has 2 fully saturated rings. The standard InChI is InChI=1S/C20H26N4OS/c1-12-3-6-15-16(11-12)26-20-17(15)19(21-18(22-20)14-4-5-14)24-9-7-23(8-10-24)13(2)25/h12,14H,3-11H2,1-2H3/t12-/m0/s1. The summed E-state index contributed by atoms with van der Waals surface area (Å²) in [7, 11) is 0. The molecule has 0 N–H and O–H groups in total. The van der Waals surface area contributed by atoms with Gasteiger partial charge < -0.3 is 9.80 Å². The first-order chi connectivity index (χ1) is 12.6. The van der Waals surface area contributed by atoms with Crippen molar-refractivity contribution in [2.75, 3.05) is 31.1 Å². The molecule has 1 atom stereocenters. The average molecular weight is 371 g/mol. The molecule has 0 spiro atoms. The molecule has 3 heterocycles. The third kappa shape index (κ3) is 2.79. The molecule has 26 heavy (non-hydrogen) atoms. The number of fused-ring (bicyclic) bond motifs is 3. The summed E-state index contributed by atoms with van der Waals surface area (Å²) >= 11 is 1.90. The number of carbonyl (C=O) groups excluding carboxylic acids is 1. The van der Waals surface area contributed by atoms with Crippen LogP contribution in [0.5, 0.6) is 0 Å². The third-order valence-electron chi connectivity index (χ3n) is 6.12. The van der Waals surface area contributed by atoms with Crippen LogP contribution >= 0.6 is 11.3 Å². The summed E-state index contributed by atoms with van der Waals surface area (Å²) in [6, 6.07) is 0. The lowest BCUT2D eigenvalue weighted by Crippen LogP contribution is -2.48. The lowest BCUT2D eigenvalue weighted by molar-refractivity contribution is -0.129. The normalized spacial score (nSPS) is 23.4. The van der Waals surface area contributed by atoms with Crippen molar-refractivity contribution in [2.45, 2.75) is 51.9 Å². The van der Waals surface area contributed by atoms with Crippen molar-refractivity contribution < 1.29 is 4.79 Å². The summed E-state index contributed by atoms with van der Waals surface area (Å²) < 4.78 is 0. The SMILES string of the molecule is CC(=O)N1CCN(c2nc(C3CC3)nc3sc4c(c23)CC[C@H](C)C4)CC1. The molecule has 0 bridgehead atoms. The highest BCUT2D eigenvalue weighted by atomic mass is 32.1. The Bertz CT molecular complexity index is 864. The minimum atomic E-state index is 0.179. The van der Waals surface area contributed by atoms with Gasteiger partial charge in [-0.1, -0.05) is 6.92 Å². The predicted molar refractivity (Wildman–Crippen MR) is 105 cm³/mol. The van der Waals surface area contributed by atoms with Crippen molar-refractivity contribution in [2.24, 2.45) is 5.92 Å². The lowest BCUT2D eigenvalue weighted by Gasteiger charge is -2.35. The number of aryl methyl sites for hydroxylation is 1. The Balaban J connectivity index is 1.57. The van der Waals surface area contributed by atoms with E-state index in [4.69, 9.17) is 9.97 Å². The smallest absolute Gasteiger partial charge is 0.219 e. The highest BCUT2D eigenvalue weighted by molar-refractivity contribution is 7.19. The minimum absolute atomic E-state index is 0.179. The highest BCUT2D eigenvalue weighted by Gasteiger charge is 2.32. The topological polar surface area (TPSA) is 49.3 Å². The van der Waals surface area contributed by atoms with Gasteiger partial charge in [0.25, 0.3) is 0 Å². The number of aromatic nitrogens is 2. The van der Waals surface area contributed by atoms with Crippen LogP contribution in [0.4, 0.5) is 5.82 Å². The molecular weight excluding hydrogens is 344 g/mol. The number of anilines is 1. The van der Waals surface area contributed by atoms with Crippen LogP contribution in [0.15, 0.2) is 0 Å². The zero-order chi connectivity index (χ0) is 17.8. The number of carbonyl (C=O) groups is 1. The van der Waals surface area contributed by atoms with Crippen molar-refractivity contribution in [3.8, 4) is 0 Å². The van der Waals surface area contributed by atoms with E-state index in [-0.39, 0.29) is 5.91 Å². The van der Waals surface area contributed by atoms with E-state index in [2.05, 4.69) is 11.8 Å². The predicted octanol–water partition coefficient (Wildman–Crippen LogP) is 3.36. The molecule has 1 aliphatic heterocycles. The van der Waals surface area contributed by atoms with Crippen molar-refractivity contribution in [3.63, 3.8) is 0 Å². The summed E-state index contributed by atoms with van der Waals surface area (Å²) in [5.74, 6) is 3.71. The van der Waals surface area contributed by atoms with E-state index < -0.39 is 0 Å². The van der Waals surface area contributed by atoms with Gasteiger partial charge in [-0.2, -0.15) is 0 Å². The molecule has 2 aromatic rings. The molecule has 1 saturated heterocycles. The van der Waals surface area contributed by atoms with Gasteiger partial charge in [0, 0.05) is 43.9 Å². The van der Waals surface area contributed by atoms with E-state index >= 15 is 0 Å². The molecule has 0 aromatic carbocycles. The van der Waals surface area contributed by atoms with Crippen LogP contribution in [0.2, 0.25) is 0 Å². The molecule has 5 rings (SSSR count). The van der Waals surface area contributed by atoms with Crippen LogP contribution in [0.25, 0.3) is 10.2 Å². The van der Waals surface area contributed by atoms with Crippen molar-refractivity contribution >= 4 is 33.3 Å². The second kappa shape index (κ2) is 6.19. The first kappa shape index (κ1) is 16.5. The van der Waals surface area contributed by atoms with Crippen molar-refractivity contribution in [1.29, 1.82) is 0 Å². The maximum absolute atomic E-state index is 11.7. The number of piperazine rings is 1. The monoisotopic (exact) mass is 370 g/mol. The zero-order valence-electron chi connectivity index (χ0n) is 15.6. The number of nitrogens with zero attached hydrogens (tertiary/aromatic N) is 4. The van der Waals surface area contributed by atoms with Gasteiger partial charge in [-0.25, -0.2) is 9.97 Å². The second-order valence-electron chi connectivity index (χ2n) is 8.20. The van der Waals surface area contributed by atoms with Crippen molar-refractivity contribution in [1.82, 2.24) is 14.9 Å². The Morgan fingerprint density at radius 3 is 2.58 bits per heavy atom. The Kier molecular flexibility index (Phi) is 3.92. The summed E-state index contributed by atoms with van der Waals surface area (Å²) in [6.45, 7) is 7.36. The van der Waals surface area contributed by atoms with Crippen LogP contribution in [0.1, 0.15) is 55.3 Å². The molecule has 0 radical (unpaired) electrons. The zero-order valence-corrected chi connectivity index (χ0v) is 16.4. The minimum Gasteiger partial charge on any atom is -0.352 e. The molecule has 3 aliphatic rings. The third-order valence-corrected chi connectivity index (χ3v) is 7.27. The quantitative estimate of drug-likeness (QED) is 0.813. The molecule has 1 saturated carbocycles. The lowest BCUT2D eigenvalue weighted by atomic mass is 9.89. The maximum Gasteiger partial charge on any atom is 0.219 e. The largest absolute Gasteiger partial charge is 0.352 e. The number of hydrogen-bond donors (Lipinski definition) is 0. The molecule has 1 amide bonds. The first-order valence-corrected chi connectivity index (χ1v) is 10.7. The Labute approximate surface area is 158 Å². The summed E-state index contributed by atoms with van der Waals surface area (Å²) in [5, 5.41) is 1.32. The van der Waals surface area contributed by atoms with Gasteiger partial charge in [-0.05, 0) is 43.6 Å². The summed E-state index contributed by atoms with van der Waals surface area (Å²) in [5.41, 5.74) is 1.51. The fraction of sp³-hybridized carbons (Fsp3) is 0.650. The Hall–Kier alpha value is -1.69. The number of thiophene rings is 1. The second-order valence-corrected chi connectivity index (χ2v) is 9.29. The van der Waals surface area contributed by atoms with Gasteiger partial charge in [0.15, 0.2) is 0 Å². The van der Waals surface area contributed by atoms with Gasteiger partial charge in [0.05, 0.1) is 5.39 Å². The van der Waals surface area contributed by atoms with E-state index in [9.17, 15) is 4.79 Å². The van der Waals surface area contributed by atoms with E-state index in [0.717, 1.165) is 50.2 Å². The van der Waals surface area contributed by atoms with Gasteiger partial charge >= 0.3 is 0 Å². The highest BCUT2D eigenvalue weighted by Crippen LogP contribution is 2.44. The fourth-order valence-corrected chi connectivity index (χ4v) is 5.71. The molecule has 5 nitrogen and oxygen atoms in total. The maximum atomic E-state index is 11.7. The van der Waals surface area contributed by atoms with E-state index in [1.165, 1.54) is 46.3 Å². The average Bonchev–Trinajstić information content (AvgIpc) is 3.42. The summed E-state index contributed by atoms with van der Waals surface area (Å²) in [4.78, 5) is 28.8. The number of amides is 1. The Morgan fingerprint density at radius 1 is 1.12 bits per heavy atom. The fourth-order valence-electron chi connectivity index (χ4n) is 4.33. The van der Waals surface area contributed by atoms with E-state index in [0.29, 0.717) is 5.92 Å². The molecule has 6 heteroatoms. The van der Waals surface area contributed by atoms with Gasteiger partial charge in [0.1, 0.15) is 16.5 Å². The number of hydrogen-bond acceptors (Lipinski definition) is 5. The Morgan fingerprint density at radius 2 is 1.88 bits per heavy atom. The summed E-state index contributed by atoms with van der Waals surface area (Å²) in [6.07, 6.45) is 6.06. The molecule has 2 aliphatic carbocycles. The molecule has 2 aromatic heterocycles. The molecule has 0 unspecified atom stereocenters. The van der Waals surface area contributed by atoms with Crippen LogP contribution in [0, 0.1) is 5.92 Å². The van der Waals surface area contributed by atoms with E-state index in [1.54, 1.807) is 6.92 Å². The van der Waals surface area contributed by atoms with E-state index in [1.807, 2.05) is 16.2 Å². The first-order valence-electron chi connectivity index (χ1n) is 9.93. The molecular formula is C20H26N4OS. The number of rotatable bonds is 2. The van der Waals surface area contributed by atoms with Crippen molar-refractivity contribution in [3.05, 3.63) is 16.3 Å². The van der Waals surface area contributed by atoms with Gasteiger partial charge in [0.2, 0.25) is 5.91 Å². The molecule has 138 valence electrons. The van der Waals surface area contributed by atoms with Crippen LogP contribution in [-0.4, -0.2) is 47.0 Å².